The van der Waals surface area contributed by atoms with Crippen molar-refractivity contribution in [3.63, 3.8) is 0 Å². The Labute approximate surface area is 405 Å². The summed E-state index contributed by atoms with van der Waals surface area (Å²) in [6, 6.07) is 56.6. The minimum Gasteiger partial charge on any atom is -0.497 e. The van der Waals surface area contributed by atoms with Crippen LogP contribution in [0.5, 0.6) is 11.5 Å². The molecular weight excluding hydrogens is 877 g/mol. The molecule has 0 amide bonds. The number of benzene rings is 6. The molecule has 2 fully saturated rings. The van der Waals surface area contributed by atoms with Gasteiger partial charge in [0.1, 0.15) is 60.3 Å². The standard InChI is InChI=1S/C57H62O12/c1-3-33-61-52-50(62-36-42-21-11-5-12-22-42)48(34-58)67-57(54(52)64-38-44-25-15-7-16-26-44)69-51-49(40-60-35-41-19-9-4-10-20-41)68-56(66-47-31-29-46(59-2)30-32-47)55(65-39-45-27-17-8-18-28-45)53(51)63-37-43-23-13-6-14-24-43/h3-32,48-58H,1,33-40H2,2H3/t48-,49-,50+,51-,52+,53+,54-,55-,56-,57+/m1/s1. The van der Waals surface area contributed by atoms with Crippen LogP contribution in [-0.4, -0.2) is 93.4 Å². The second-order valence-electron chi connectivity index (χ2n) is 16.8. The van der Waals surface area contributed by atoms with Gasteiger partial charge in [-0.25, -0.2) is 0 Å². The molecule has 10 atom stereocenters. The monoisotopic (exact) mass is 938 g/mol. The van der Waals surface area contributed by atoms with Gasteiger partial charge < -0.3 is 57.2 Å². The molecule has 2 heterocycles. The maximum absolute atomic E-state index is 11.1. The molecule has 0 unspecified atom stereocenters. The molecule has 6 aromatic rings. The molecular formula is C57H62O12. The maximum atomic E-state index is 11.1. The van der Waals surface area contributed by atoms with Crippen LogP contribution in [0.1, 0.15) is 27.8 Å². The van der Waals surface area contributed by atoms with Crippen molar-refractivity contribution >= 4 is 0 Å². The van der Waals surface area contributed by atoms with Crippen LogP contribution < -0.4 is 9.47 Å². The summed E-state index contributed by atoms with van der Waals surface area (Å²) in [6.07, 6.45) is -7.45. The summed E-state index contributed by atoms with van der Waals surface area (Å²) in [5.41, 5.74) is 4.73. The molecule has 0 spiro atoms. The Morgan fingerprint density at radius 2 is 0.855 bits per heavy atom. The van der Waals surface area contributed by atoms with Crippen LogP contribution in [0, 0.1) is 0 Å². The van der Waals surface area contributed by atoms with Crippen LogP contribution in [0.25, 0.3) is 0 Å². The van der Waals surface area contributed by atoms with Crippen LogP contribution in [0.4, 0.5) is 0 Å². The van der Waals surface area contributed by atoms with Crippen molar-refractivity contribution < 1.29 is 57.2 Å². The molecule has 362 valence electrons. The zero-order valence-corrected chi connectivity index (χ0v) is 38.9. The third-order valence-corrected chi connectivity index (χ3v) is 11.9. The van der Waals surface area contributed by atoms with Gasteiger partial charge in [0.15, 0.2) is 6.29 Å². The van der Waals surface area contributed by atoms with Gasteiger partial charge in [0, 0.05) is 0 Å². The van der Waals surface area contributed by atoms with E-state index in [1.54, 1.807) is 13.2 Å². The van der Waals surface area contributed by atoms with Crippen LogP contribution in [0.15, 0.2) is 189 Å². The van der Waals surface area contributed by atoms with Gasteiger partial charge in [-0.05, 0) is 52.1 Å². The lowest BCUT2D eigenvalue weighted by atomic mass is 9.95. The van der Waals surface area contributed by atoms with Gasteiger partial charge in [-0.2, -0.15) is 0 Å². The van der Waals surface area contributed by atoms with Crippen molar-refractivity contribution in [3.05, 3.63) is 216 Å². The molecule has 0 aliphatic carbocycles. The molecule has 0 saturated carbocycles. The average molecular weight is 939 g/mol. The lowest BCUT2D eigenvalue weighted by Gasteiger charge is -2.50. The highest BCUT2D eigenvalue weighted by Gasteiger charge is 2.55. The predicted octanol–water partition coefficient (Wildman–Crippen LogP) is 9.03. The molecule has 0 bridgehead atoms. The van der Waals surface area contributed by atoms with Gasteiger partial charge in [-0.15, -0.1) is 6.58 Å². The van der Waals surface area contributed by atoms with E-state index < -0.39 is 68.0 Å². The van der Waals surface area contributed by atoms with E-state index in [2.05, 4.69) is 6.58 Å². The highest BCUT2D eigenvalue weighted by molar-refractivity contribution is 5.31. The number of aliphatic hydroxyl groups is 1. The largest absolute Gasteiger partial charge is 0.497 e. The number of rotatable bonds is 25. The fourth-order valence-electron chi connectivity index (χ4n) is 8.40. The van der Waals surface area contributed by atoms with E-state index in [1.165, 1.54) is 0 Å². The van der Waals surface area contributed by atoms with E-state index in [9.17, 15) is 5.11 Å². The SMILES string of the molecule is C=CCO[C@H]1[C@@H](OCc2ccccc2)[C@@H](CO)O[C@@H](O[C@H]2[C@H](OCc3ccccc3)[C@@H](OCc3ccccc3)[C@H](Oc3ccc(OC)cc3)O[C@@H]2COCc2ccccc2)[C@@H]1OCc1ccccc1. The lowest BCUT2D eigenvalue weighted by molar-refractivity contribution is -0.370. The normalized spacial score (nSPS) is 24.6. The lowest BCUT2D eigenvalue weighted by Crippen LogP contribution is -2.66. The third-order valence-electron chi connectivity index (χ3n) is 11.9. The van der Waals surface area contributed by atoms with Gasteiger partial charge in [0.2, 0.25) is 6.29 Å². The molecule has 1 N–H and O–H groups in total. The summed E-state index contributed by atoms with van der Waals surface area (Å²) in [4.78, 5) is 0. The van der Waals surface area contributed by atoms with E-state index in [0.29, 0.717) is 18.1 Å². The van der Waals surface area contributed by atoms with Crippen molar-refractivity contribution in [2.75, 3.05) is 26.9 Å². The number of hydrogen-bond acceptors (Lipinski definition) is 12. The van der Waals surface area contributed by atoms with Crippen molar-refractivity contribution in [1.82, 2.24) is 0 Å². The third kappa shape index (κ3) is 14.2. The van der Waals surface area contributed by atoms with Crippen LogP contribution in [0.3, 0.4) is 0 Å². The molecule has 12 nitrogen and oxygen atoms in total. The number of ether oxygens (including phenoxy) is 11. The molecule has 8 rings (SSSR count). The zero-order valence-electron chi connectivity index (χ0n) is 38.9. The molecule has 6 aromatic carbocycles. The van der Waals surface area contributed by atoms with Gasteiger partial charge in [-0.3, -0.25) is 0 Å². The summed E-state index contributed by atoms with van der Waals surface area (Å²) in [5, 5.41) is 11.1. The molecule has 2 aliphatic heterocycles. The quantitative estimate of drug-likeness (QED) is 0.0552. The second-order valence-corrected chi connectivity index (χ2v) is 16.8. The molecule has 0 radical (unpaired) electrons. The Hall–Kier alpha value is -5.74. The Balaban J connectivity index is 1.19. The van der Waals surface area contributed by atoms with E-state index in [1.807, 2.05) is 176 Å². The van der Waals surface area contributed by atoms with Crippen LogP contribution >= 0.6 is 0 Å². The van der Waals surface area contributed by atoms with Crippen molar-refractivity contribution in [1.29, 1.82) is 0 Å². The summed E-state index contributed by atoms with van der Waals surface area (Å²) < 4.78 is 73.8. The number of methoxy groups -OCH3 is 1. The van der Waals surface area contributed by atoms with Gasteiger partial charge in [-0.1, -0.05) is 158 Å². The molecule has 2 aliphatic rings. The van der Waals surface area contributed by atoms with E-state index in [4.69, 9.17) is 52.1 Å². The minimum atomic E-state index is -1.17. The second kappa shape index (κ2) is 26.3. The summed E-state index contributed by atoms with van der Waals surface area (Å²) in [7, 11) is 1.62. The number of aliphatic hydroxyl groups excluding tert-OH is 1. The van der Waals surface area contributed by atoms with Crippen molar-refractivity contribution in [2.45, 2.75) is 94.4 Å². The zero-order chi connectivity index (χ0) is 47.5. The molecule has 69 heavy (non-hydrogen) atoms. The Kier molecular flexibility index (Phi) is 18.9. The maximum Gasteiger partial charge on any atom is 0.229 e. The first-order valence-electron chi connectivity index (χ1n) is 23.4. The Morgan fingerprint density at radius 1 is 0.449 bits per heavy atom. The van der Waals surface area contributed by atoms with E-state index in [-0.39, 0.29) is 39.6 Å². The first-order chi connectivity index (χ1) is 34.1. The van der Waals surface area contributed by atoms with Crippen LogP contribution in [0.2, 0.25) is 0 Å². The topological polar surface area (TPSA) is 122 Å². The van der Waals surface area contributed by atoms with Gasteiger partial charge in [0.25, 0.3) is 0 Å². The Morgan fingerprint density at radius 3 is 1.32 bits per heavy atom. The first-order valence-corrected chi connectivity index (χ1v) is 23.4. The van der Waals surface area contributed by atoms with Crippen LogP contribution in [-0.2, 0) is 75.7 Å². The minimum absolute atomic E-state index is 0.0591. The summed E-state index contributed by atoms with van der Waals surface area (Å²) in [5.74, 6) is 1.20. The molecule has 12 heteroatoms. The predicted molar refractivity (Wildman–Crippen MR) is 259 cm³/mol. The van der Waals surface area contributed by atoms with Crippen molar-refractivity contribution in [2.24, 2.45) is 0 Å². The average Bonchev–Trinajstić information content (AvgIpc) is 3.40. The summed E-state index contributed by atoms with van der Waals surface area (Å²) in [6.45, 7) is 4.89. The van der Waals surface area contributed by atoms with Crippen molar-refractivity contribution in [3.8, 4) is 11.5 Å². The van der Waals surface area contributed by atoms with E-state index >= 15 is 0 Å². The Bertz CT molecular complexity index is 2340. The fraction of sp³-hybridized carbons (Fsp3) is 0.333. The highest BCUT2D eigenvalue weighted by Crippen LogP contribution is 2.37. The van der Waals surface area contributed by atoms with Gasteiger partial charge in [0.05, 0.1) is 60.0 Å². The highest BCUT2D eigenvalue weighted by atomic mass is 16.8. The first kappa shape index (κ1) is 49.7. The fourth-order valence-corrected chi connectivity index (χ4v) is 8.40. The van der Waals surface area contributed by atoms with Gasteiger partial charge >= 0.3 is 0 Å². The van der Waals surface area contributed by atoms with E-state index in [0.717, 1.165) is 27.8 Å². The number of hydrogen-bond donors (Lipinski definition) is 1. The summed E-state index contributed by atoms with van der Waals surface area (Å²) >= 11 is 0. The molecule has 2 saturated heterocycles. The smallest absolute Gasteiger partial charge is 0.229 e. The molecule has 0 aromatic heterocycles.